The largest absolute Gasteiger partial charge is 0.546 e. The third-order valence-electron chi connectivity index (χ3n) is 7.30. The minimum atomic E-state index is -4.39. The molecule has 0 unspecified atom stereocenters. The Bertz CT molecular complexity index is 1570. The Hall–Kier alpha value is -3.54. The molecule has 1 aliphatic rings. The molecular weight excluding hydrogens is 595 g/mol. The summed E-state index contributed by atoms with van der Waals surface area (Å²) in [6.07, 6.45) is -4.39. The van der Waals surface area contributed by atoms with Crippen LogP contribution in [-0.4, -0.2) is 48.6 Å². The summed E-state index contributed by atoms with van der Waals surface area (Å²) in [5.74, 6) is -0.160. The maximum atomic E-state index is 13.1. The lowest BCUT2D eigenvalue weighted by atomic mass is 10.1. The second-order valence-corrected chi connectivity index (χ2v) is 12.5. The zero-order valence-corrected chi connectivity index (χ0v) is 25.5. The fraction of sp³-hybridized carbons (Fsp3) is 0.312. The highest BCUT2D eigenvalue weighted by Crippen LogP contribution is 2.36. The van der Waals surface area contributed by atoms with Crippen LogP contribution in [0.15, 0.2) is 71.6 Å². The molecule has 0 bridgehead atoms. The molecule has 0 amide bonds. The Labute approximate surface area is 257 Å². The van der Waals surface area contributed by atoms with Gasteiger partial charge in [-0.2, -0.15) is 13.2 Å². The minimum Gasteiger partial charge on any atom is -0.546 e. The maximum absolute atomic E-state index is 13.1. The van der Waals surface area contributed by atoms with Gasteiger partial charge in [0.05, 0.1) is 17.2 Å². The maximum Gasteiger partial charge on any atom is 0.416 e. The van der Waals surface area contributed by atoms with Crippen LogP contribution in [0.25, 0.3) is 10.6 Å². The van der Waals surface area contributed by atoms with Crippen LogP contribution in [0.3, 0.4) is 0 Å². The highest BCUT2D eigenvalue weighted by molar-refractivity contribution is 7.98. The first-order valence-electron chi connectivity index (χ1n) is 13.8. The third-order valence-corrected chi connectivity index (χ3v) is 9.65. The van der Waals surface area contributed by atoms with Crippen LogP contribution in [0.4, 0.5) is 18.9 Å². The zero-order chi connectivity index (χ0) is 30.6. The molecule has 3 aromatic carbocycles. The van der Waals surface area contributed by atoms with Gasteiger partial charge < -0.3 is 19.5 Å². The summed E-state index contributed by atoms with van der Waals surface area (Å²) in [6.45, 7) is 7.67. The van der Waals surface area contributed by atoms with E-state index < -0.39 is 24.3 Å². The highest BCUT2D eigenvalue weighted by atomic mass is 32.2. The molecule has 226 valence electrons. The van der Waals surface area contributed by atoms with E-state index in [0.29, 0.717) is 28.6 Å². The van der Waals surface area contributed by atoms with E-state index in [1.807, 2.05) is 25.1 Å². The SMILES string of the molecule is Cc1cc(SCc2sc(-c3ccc(C(F)(F)F)cc3)nc2CN2CCN(c3ccccc3C)CC2)ccc1OCC(=O)[O-]. The van der Waals surface area contributed by atoms with Gasteiger partial charge in [0.2, 0.25) is 0 Å². The number of carbonyl (C=O) groups excluding carboxylic acids is 1. The van der Waals surface area contributed by atoms with Crippen LogP contribution < -0.4 is 14.7 Å². The lowest BCUT2D eigenvalue weighted by Crippen LogP contribution is -2.46. The van der Waals surface area contributed by atoms with Gasteiger partial charge >= 0.3 is 6.18 Å². The summed E-state index contributed by atoms with van der Waals surface area (Å²) in [6, 6.07) is 19.1. The number of hydrogen-bond acceptors (Lipinski definition) is 8. The van der Waals surface area contributed by atoms with E-state index in [1.165, 1.54) is 34.7 Å². The number of thioether (sulfide) groups is 1. The number of aryl methyl sites for hydroxylation is 2. The summed E-state index contributed by atoms with van der Waals surface area (Å²) in [4.78, 5) is 22.5. The smallest absolute Gasteiger partial charge is 0.416 e. The van der Waals surface area contributed by atoms with Gasteiger partial charge in [-0.1, -0.05) is 30.3 Å². The van der Waals surface area contributed by atoms with Crippen LogP contribution in [0.5, 0.6) is 5.75 Å². The van der Waals surface area contributed by atoms with Crippen LogP contribution >= 0.6 is 23.1 Å². The standard InChI is InChI=1S/C32H32F3N3O3S2/c1-21-5-3-4-6-27(21)38-15-13-37(14-16-38)18-26-29(20-42-25-11-12-28(22(2)17-25)41-19-30(39)40)43-31(36-26)23-7-9-24(10-8-23)32(33,34)35/h3-12,17H,13-16,18-20H2,1-2H3,(H,39,40)/p-1. The molecule has 0 spiro atoms. The van der Waals surface area contributed by atoms with Crippen molar-refractivity contribution in [3.63, 3.8) is 0 Å². The number of rotatable bonds is 10. The molecule has 11 heteroatoms. The Morgan fingerprint density at radius 3 is 2.37 bits per heavy atom. The molecule has 1 aliphatic heterocycles. The first kappa shape index (κ1) is 30.9. The first-order valence-corrected chi connectivity index (χ1v) is 15.6. The number of alkyl halides is 3. The second kappa shape index (κ2) is 13.4. The third kappa shape index (κ3) is 7.90. The topological polar surface area (TPSA) is 68.7 Å². The number of carboxylic acid groups (broad SMARTS) is 1. The normalized spacial score (nSPS) is 14.2. The summed E-state index contributed by atoms with van der Waals surface area (Å²) in [7, 11) is 0. The van der Waals surface area contributed by atoms with Crippen molar-refractivity contribution >= 4 is 34.8 Å². The van der Waals surface area contributed by atoms with Gasteiger partial charge in [-0.25, -0.2) is 4.98 Å². The quantitative estimate of drug-likeness (QED) is 0.195. The van der Waals surface area contributed by atoms with Crippen molar-refractivity contribution in [2.24, 2.45) is 0 Å². The lowest BCUT2D eigenvalue weighted by Gasteiger charge is -2.36. The Kier molecular flexibility index (Phi) is 9.63. The average molecular weight is 627 g/mol. The number of nitrogens with zero attached hydrogens (tertiary/aromatic N) is 3. The van der Waals surface area contributed by atoms with E-state index in [0.717, 1.165) is 59.3 Å². The summed E-state index contributed by atoms with van der Waals surface area (Å²) in [5.41, 5.74) is 4.23. The molecule has 0 N–H and O–H groups in total. The van der Waals surface area contributed by atoms with E-state index in [1.54, 1.807) is 17.8 Å². The molecule has 6 nitrogen and oxygen atoms in total. The number of ether oxygens (including phenoxy) is 1. The number of carbonyl (C=O) groups is 1. The van der Waals surface area contributed by atoms with Crippen molar-refractivity contribution in [1.29, 1.82) is 0 Å². The van der Waals surface area contributed by atoms with Gasteiger partial charge in [0.1, 0.15) is 17.4 Å². The van der Waals surface area contributed by atoms with E-state index in [4.69, 9.17) is 9.72 Å². The fourth-order valence-electron chi connectivity index (χ4n) is 4.98. The van der Waals surface area contributed by atoms with Crippen molar-refractivity contribution in [3.8, 4) is 16.3 Å². The predicted octanol–water partition coefficient (Wildman–Crippen LogP) is 6.19. The van der Waals surface area contributed by atoms with Crippen LogP contribution in [0, 0.1) is 13.8 Å². The van der Waals surface area contributed by atoms with Crippen molar-refractivity contribution < 1.29 is 27.8 Å². The average Bonchev–Trinajstić information content (AvgIpc) is 3.38. The number of thiazole rings is 1. The summed E-state index contributed by atoms with van der Waals surface area (Å²) >= 11 is 3.13. The predicted molar refractivity (Wildman–Crippen MR) is 162 cm³/mol. The number of para-hydroxylation sites is 1. The number of aromatic nitrogens is 1. The van der Waals surface area contributed by atoms with Crippen molar-refractivity contribution in [2.45, 2.75) is 37.2 Å². The molecule has 1 fully saturated rings. The highest BCUT2D eigenvalue weighted by Gasteiger charge is 2.30. The van der Waals surface area contributed by atoms with E-state index in [9.17, 15) is 23.1 Å². The molecule has 2 heterocycles. The number of piperazine rings is 1. The van der Waals surface area contributed by atoms with Crippen LogP contribution in [0.2, 0.25) is 0 Å². The number of aliphatic carboxylic acids is 1. The molecule has 0 saturated carbocycles. The van der Waals surface area contributed by atoms with Crippen LogP contribution in [-0.2, 0) is 23.3 Å². The molecule has 5 rings (SSSR count). The molecule has 0 radical (unpaired) electrons. The van der Waals surface area contributed by atoms with Gasteiger partial charge in [-0.3, -0.25) is 4.90 Å². The molecule has 0 atom stereocenters. The second-order valence-electron chi connectivity index (χ2n) is 10.4. The Morgan fingerprint density at radius 2 is 1.72 bits per heavy atom. The fourth-order valence-corrected chi connectivity index (χ4v) is 7.15. The minimum absolute atomic E-state index is 0.487. The van der Waals surface area contributed by atoms with E-state index in [2.05, 4.69) is 34.9 Å². The molecule has 4 aromatic rings. The van der Waals surface area contributed by atoms with Crippen molar-refractivity contribution in [3.05, 3.63) is 94.0 Å². The van der Waals surface area contributed by atoms with Crippen LogP contribution in [0.1, 0.15) is 27.3 Å². The van der Waals surface area contributed by atoms with E-state index in [-0.39, 0.29) is 0 Å². The van der Waals surface area contributed by atoms with Crippen molar-refractivity contribution in [1.82, 2.24) is 9.88 Å². The number of anilines is 1. The zero-order valence-electron chi connectivity index (χ0n) is 23.8. The van der Waals surface area contributed by atoms with Gasteiger partial charge in [0.25, 0.3) is 0 Å². The lowest BCUT2D eigenvalue weighted by molar-refractivity contribution is -0.307. The van der Waals surface area contributed by atoms with Crippen molar-refractivity contribution in [2.75, 3.05) is 37.7 Å². The Balaban J connectivity index is 1.32. The monoisotopic (exact) mass is 626 g/mol. The number of benzene rings is 3. The van der Waals surface area contributed by atoms with Gasteiger partial charge in [-0.05, 0) is 61.4 Å². The molecule has 0 aliphatic carbocycles. The summed E-state index contributed by atoms with van der Waals surface area (Å²) in [5, 5.41) is 11.4. The number of halogens is 3. The van der Waals surface area contributed by atoms with E-state index >= 15 is 0 Å². The molecule has 1 aromatic heterocycles. The molecule has 43 heavy (non-hydrogen) atoms. The Morgan fingerprint density at radius 1 is 1.00 bits per heavy atom. The first-order chi connectivity index (χ1) is 20.6. The number of carboxylic acids is 1. The number of hydrogen-bond donors (Lipinski definition) is 0. The van der Waals surface area contributed by atoms with Gasteiger partial charge in [0.15, 0.2) is 0 Å². The van der Waals surface area contributed by atoms with Gasteiger partial charge in [0, 0.05) is 59.5 Å². The molecular formula is C32H31F3N3O3S2-. The summed E-state index contributed by atoms with van der Waals surface area (Å²) < 4.78 is 44.7. The molecule has 1 saturated heterocycles. The van der Waals surface area contributed by atoms with Gasteiger partial charge in [-0.15, -0.1) is 23.1 Å².